The van der Waals surface area contributed by atoms with Crippen molar-refractivity contribution >= 4 is 0 Å². The van der Waals surface area contributed by atoms with Crippen LogP contribution in [-0.2, 0) is 0 Å². The van der Waals surface area contributed by atoms with Gasteiger partial charge in [0.25, 0.3) is 0 Å². The van der Waals surface area contributed by atoms with Gasteiger partial charge in [-0.25, -0.2) is 0 Å². The Morgan fingerprint density at radius 3 is 3.09 bits per heavy atom. The number of allylic oxidation sites excluding steroid dienone is 4. The highest BCUT2D eigenvalue weighted by Gasteiger charge is 2.19. The van der Waals surface area contributed by atoms with E-state index in [1.54, 1.807) is 5.57 Å². The number of hydrogen-bond acceptors (Lipinski definition) is 0. The molecule has 1 saturated carbocycles. The molecule has 0 spiro atoms. The Morgan fingerprint density at radius 2 is 2.09 bits per heavy atom. The van der Waals surface area contributed by atoms with Crippen LogP contribution in [0.4, 0.5) is 0 Å². The van der Waals surface area contributed by atoms with Crippen LogP contribution in [0, 0.1) is 5.92 Å². The number of rotatable bonds is 0. The minimum absolute atomic E-state index is 0.958. The molecule has 2 rings (SSSR count). The Bertz CT molecular complexity index is 186. The van der Waals surface area contributed by atoms with Crippen LogP contribution in [0.25, 0.3) is 0 Å². The lowest BCUT2D eigenvalue weighted by atomic mass is 9.94. The summed E-state index contributed by atoms with van der Waals surface area (Å²) in [4.78, 5) is 0. The molecule has 2 aliphatic rings. The van der Waals surface area contributed by atoms with Crippen LogP contribution in [0.15, 0.2) is 23.8 Å². The van der Waals surface area contributed by atoms with Gasteiger partial charge in [-0.3, -0.25) is 0 Å². The zero-order chi connectivity index (χ0) is 7.52. The van der Waals surface area contributed by atoms with Gasteiger partial charge in [0, 0.05) is 0 Å². The van der Waals surface area contributed by atoms with Crippen molar-refractivity contribution in [3.63, 3.8) is 0 Å². The lowest BCUT2D eigenvalue weighted by Gasteiger charge is -2.12. The fraction of sp³-hybridized carbons (Fsp3) is 0.636. The quantitative estimate of drug-likeness (QED) is 0.493. The van der Waals surface area contributed by atoms with Crippen LogP contribution in [0.2, 0.25) is 0 Å². The van der Waals surface area contributed by atoms with Crippen molar-refractivity contribution in [3.05, 3.63) is 23.8 Å². The van der Waals surface area contributed by atoms with Crippen molar-refractivity contribution in [2.24, 2.45) is 5.92 Å². The maximum atomic E-state index is 2.36. The van der Waals surface area contributed by atoms with Gasteiger partial charge in [0.1, 0.15) is 0 Å². The fourth-order valence-electron chi connectivity index (χ4n) is 2.26. The molecule has 2 aliphatic carbocycles. The maximum Gasteiger partial charge on any atom is -0.0200 e. The molecule has 0 radical (unpaired) electrons. The molecule has 1 atom stereocenters. The Labute approximate surface area is 69.0 Å². The van der Waals surface area contributed by atoms with Crippen LogP contribution in [-0.4, -0.2) is 0 Å². The lowest BCUT2D eigenvalue weighted by molar-refractivity contribution is 0.547. The van der Waals surface area contributed by atoms with Gasteiger partial charge in [-0.2, -0.15) is 0 Å². The second-order valence-electron chi connectivity index (χ2n) is 3.69. The van der Waals surface area contributed by atoms with Crippen molar-refractivity contribution in [2.45, 2.75) is 38.5 Å². The standard InChI is InChI=1S/C11H16/c1-2-4-7-11-9-5-8-10(11)6-3-1/h1,3,6,11H,2,4-5,7-9H2. The van der Waals surface area contributed by atoms with Crippen LogP contribution in [0.5, 0.6) is 0 Å². The zero-order valence-corrected chi connectivity index (χ0v) is 7.05. The van der Waals surface area contributed by atoms with Gasteiger partial charge in [-0.1, -0.05) is 23.8 Å². The Morgan fingerprint density at radius 1 is 1.18 bits per heavy atom. The van der Waals surface area contributed by atoms with Crippen molar-refractivity contribution in [2.75, 3.05) is 0 Å². The Kier molecular flexibility index (Phi) is 2.11. The molecule has 1 unspecified atom stereocenters. The van der Waals surface area contributed by atoms with Crippen molar-refractivity contribution in [1.29, 1.82) is 0 Å². The van der Waals surface area contributed by atoms with E-state index in [2.05, 4.69) is 18.2 Å². The van der Waals surface area contributed by atoms with Crippen LogP contribution in [0.3, 0.4) is 0 Å². The summed E-state index contributed by atoms with van der Waals surface area (Å²) in [5.74, 6) is 0.958. The van der Waals surface area contributed by atoms with Gasteiger partial charge in [0.05, 0.1) is 0 Å². The Hall–Kier alpha value is -0.520. The summed E-state index contributed by atoms with van der Waals surface area (Å²) in [5.41, 5.74) is 1.72. The van der Waals surface area contributed by atoms with Crippen LogP contribution < -0.4 is 0 Å². The molecule has 0 aromatic heterocycles. The normalized spacial score (nSPS) is 30.5. The summed E-state index contributed by atoms with van der Waals surface area (Å²) >= 11 is 0. The van der Waals surface area contributed by atoms with Crippen molar-refractivity contribution in [3.8, 4) is 0 Å². The molecule has 0 aromatic rings. The SMILES string of the molecule is C1=CCCCC2CCCC2=C1. The minimum Gasteiger partial charge on any atom is -0.0845 e. The molecule has 0 heterocycles. The highest BCUT2D eigenvalue weighted by Crippen LogP contribution is 2.35. The van der Waals surface area contributed by atoms with E-state index in [0.717, 1.165) is 5.92 Å². The molecule has 0 saturated heterocycles. The molecule has 0 bridgehead atoms. The summed E-state index contributed by atoms with van der Waals surface area (Å²) in [5, 5.41) is 0. The van der Waals surface area contributed by atoms with Gasteiger partial charge < -0.3 is 0 Å². The summed E-state index contributed by atoms with van der Waals surface area (Å²) in [6.07, 6.45) is 15.3. The predicted octanol–water partition coefficient (Wildman–Crippen LogP) is 3.45. The third kappa shape index (κ3) is 1.55. The largest absolute Gasteiger partial charge is 0.0845 e. The van der Waals surface area contributed by atoms with Crippen molar-refractivity contribution in [1.82, 2.24) is 0 Å². The molecule has 11 heavy (non-hydrogen) atoms. The molecule has 0 heteroatoms. The molecular formula is C11H16. The van der Waals surface area contributed by atoms with E-state index in [0.29, 0.717) is 0 Å². The number of fused-ring (bicyclic) bond motifs is 1. The van der Waals surface area contributed by atoms with Gasteiger partial charge in [-0.05, 0) is 44.4 Å². The van der Waals surface area contributed by atoms with E-state index < -0.39 is 0 Å². The monoisotopic (exact) mass is 148 g/mol. The molecule has 1 fully saturated rings. The smallest absolute Gasteiger partial charge is 0.0200 e. The second kappa shape index (κ2) is 3.25. The second-order valence-corrected chi connectivity index (χ2v) is 3.69. The average molecular weight is 148 g/mol. The van der Waals surface area contributed by atoms with E-state index in [4.69, 9.17) is 0 Å². The third-order valence-corrected chi connectivity index (χ3v) is 2.91. The van der Waals surface area contributed by atoms with Gasteiger partial charge in [0.2, 0.25) is 0 Å². The number of hydrogen-bond donors (Lipinski definition) is 0. The van der Waals surface area contributed by atoms with E-state index in [9.17, 15) is 0 Å². The van der Waals surface area contributed by atoms with Crippen LogP contribution >= 0.6 is 0 Å². The molecule has 0 amide bonds. The zero-order valence-electron chi connectivity index (χ0n) is 7.05. The van der Waals surface area contributed by atoms with E-state index in [-0.39, 0.29) is 0 Å². The van der Waals surface area contributed by atoms with Crippen molar-refractivity contribution < 1.29 is 0 Å². The first-order chi connectivity index (χ1) is 5.47. The molecule has 0 aromatic carbocycles. The highest BCUT2D eigenvalue weighted by molar-refractivity contribution is 5.19. The molecule has 0 aliphatic heterocycles. The average Bonchev–Trinajstić information content (AvgIpc) is 2.35. The summed E-state index contributed by atoms with van der Waals surface area (Å²) in [6, 6.07) is 0. The van der Waals surface area contributed by atoms with Gasteiger partial charge in [0.15, 0.2) is 0 Å². The molecule has 60 valence electrons. The first kappa shape index (κ1) is 7.15. The van der Waals surface area contributed by atoms with E-state index in [1.165, 1.54) is 38.5 Å². The first-order valence-corrected chi connectivity index (χ1v) is 4.82. The van der Waals surface area contributed by atoms with Crippen LogP contribution in [0.1, 0.15) is 38.5 Å². The molecule has 0 N–H and O–H groups in total. The summed E-state index contributed by atoms with van der Waals surface area (Å²) < 4.78 is 0. The molecular weight excluding hydrogens is 132 g/mol. The lowest BCUT2D eigenvalue weighted by Crippen LogP contribution is -1.97. The van der Waals surface area contributed by atoms with Gasteiger partial charge in [-0.15, -0.1) is 0 Å². The summed E-state index contributed by atoms with van der Waals surface area (Å²) in [7, 11) is 0. The predicted molar refractivity (Wildman–Crippen MR) is 48.4 cm³/mol. The first-order valence-electron chi connectivity index (χ1n) is 4.82. The van der Waals surface area contributed by atoms with E-state index >= 15 is 0 Å². The maximum absolute atomic E-state index is 2.36. The Balaban J connectivity index is 2.14. The fourth-order valence-corrected chi connectivity index (χ4v) is 2.26. The topological polar surface area (TPSA) is 0 Å². The highest BCUT2D eigenvalue weighted by atomic mass is 14.2. The minimum atomic E-state index is 0.958. The third-order valence-electron chi connectivity index (χ3n) is 2.91. The molecule has 0 nitrogen and oxygen atoms in total. The van der Waals surface area contributed by atoms with E-state index in [1.807, 2.05) is 0 Å². The van der Waals surface area contributed by atoms with Gasteiger partial charge >= 0.3 is 0 Å². The summed E-state index contributed by atoms with van der Waals surface area (Å²) in [6.45, 7) is 0.